The van der Waals surface area contributed by atoms with E-state index in [9.17, 15) is 0 Å². The molecule has 0 saturated heterocycles. The third-order valence-corrected chi connectivity index (χ3v) is 3.46. The molecule has 0 aromatic carbocycles. The predicted octanol–water partition coefficient (Wildman–Crippen LogP) is 0.200. The number of aliphatic hydroxyl groups is 1. The molecule has 0 heterocycles. The van der Waals surface area contributed by atoms with E-state index in [2.05, 4.69) is 20.9 Å². The Morgan fingerprint density at radius 3 is 1.53 bits per heavy atom. The second kappa shape index (κ2) is 12.7. The average Bonchev–Trinajstić information content (AvgIpc) is 2.27. The van der Waals surface area contributed by atoms with Gasteiger partial charge in [-0.2, -0.15) is 0 Å². The van der Waals surface area contributed by atoms with Crippen molar-refractivity contribution in [1.29, 1.82) is 0 Å². The van der Waals surface area contributed by atoms with E-state index in [-0.39, 0.29) is 12.4 Å². The first kappa shape index (κ1) is 19.5. The van der Waals surface area contributed by atoms with Crippen LogP contribution in [0.2, 0.25) is 0 Å². The van der Waals surface area contributed by atoms with Crippen LogP contribution in [0.15, 0.2) is 0 Å². The summed E-state index contributed by atoms with van der Waals surface area (Å²) < 4.78 is 1.17. The second-order valence-corrected chi connectivity index (χ2v) is 5.28. The second-order valence-electron chi connectivity index (χ2n) is 5.28. The van der Waals surface area contributed by atoms with Crippen LogP contribution in [0.4, 0.5) is 0 Å². The molecule has 17 heavy (non-hydrogen) atoms. The highest BCUT2D eigenvalue weighted by molar-refractivity contribution is 4.46. The highest BCUT2D eigenvalue weighted by atomic mass is 35.5. The van der Waals surface area contributed by atoms with E-state index in [1.54, 1.807) is 0 Å². The molecule has 1 N–H and O–H groups in total. The van der Waals surface area contributed by atoms with Crippen molar-refractivity contribution in [2.24, 2.45) is 0 Å². The number of aliphatic hydroxyl groups excluding tert-OH is 1. The fourth-order valence-corrected chi connectivity index (χ4v) is 2.27. The fraction of sp³-hybridized carbons (Fsp3) is 1.00. The van der Waals surface area contributed by atoms with Crippen molar-refractivity contribution in [2.45, 2.75) is 58.8 Å². The van der Waals surface area contributed by atoms with Crippen LogP contribution in [0.3, 0.4) is 0 Å². The highest BCUT2D eigenvalue weighted by Crippen LogP contribution is 2.11. The zero-order chi connectivity index (χ0) is 12.3. The Morgan fingerprint density at radius 1 is 0.765 bits per heavy atom. The number of rotatable bonds is 11. The molecule has 2 nitrogen and oxygen atoms in total. The van der Waals surface area contributed by atoms with Crippen LogP contribution in [0.1, 0.15) is 58.8 Å². The Morgan fingerprint density at radius 2 is 1.18 bits per heavy atom. The summed E-state index contributed by atoms with van der Waals surface area (Å²) in [6.45, 7) is 8.58. The van der Waals surface area contributed by atoms with Gasteiger partial charge in [0.25, 0.3) is 0 Å². The smallest absolute Gasteiger partial charge is 0.0806 e. The van der Waals surface area contributed by atoms with Crippen molar-refractivity contribution >= 4 is 0 Å². The van der Waals surface area contributed by atoms with Crippen LogP contribution in [0.5, 0.6) is 0 Å². The normalized spacial score (nSPS) is 11.3. The maximum Gasteiger partial charge on any atom is 0.0806 e. The van der Waals surface area contributed by atoms with Crippen LogP contribution < -0.4 is 12.4 Å². The first-order valence-electron chi connectivity index (χ1n) is 7.13. The molecule has 0 fully saturated rings. The van der Waals surface area contributed by atoms with Crippen LogP contribution in [0, 0.1) is 0 Å². The van der Waals surface area contributed by atoms with Gasteiger partial charge in [-0.3, -0.25) is 0 Å². The van der Waals surface area contributed by atoms with E-state index in [1.165, 1.54) is 56.1 Å². The van der Waals surface area contributed by atoms with Crippen molar-refractivity contribution in [1.82, 2.24) is 0 Å². The van der Waals surface area contributed by atoms with Crippen LogP contribution >= 0.6 is 0 Å². The Hall–Kier alpha value is 0.210. The number of hydrogen-bond acceptors (Lipinski definition) is 1. The summed E-state index contributed by atoms with van der Waals surface area (Å²) in [6, 6.07) is 0. The van der Waals surface area contributed by atoms with Gasteiger partial charge in [0.05, 0.1) is 26.7 Å². The number of quaternary nitrogens is 1. The highest BCUT2D eigenvalue weighted by Gasteiger charge is 2.19. The molecule has 0 aromatic rings. The molecule has 0 amide bonds. The lowest BCUT2D eigenvalue weighted by molar-refractivity contribution is -0.910. The molecular formula is C14H32ClNO. The summed E-state index contributed by atoms with van der Waals surface area (Å²) >= 11 is 0. The fourth-order valence-electron chi connectivity index (χ4n) is 2.27. The minimum Gasteiger partial charge on any atom is -1.00 e. The number of unbranched alkanes of at least 4 members (excludes halogenated alkanes) is 4. The van der Waals surface area contributed by atoms with E-state index in [4.69, 9.17) is 5.11 Å². The zero-order valence-electron chi connectivity index (χ0n) is 12.1. The van der Waals surface area contributed by atoms with Gasteiger partial charge in [0.2, 0.25) is 0 Å². The molecule has 0 aliphatic rings. The van der Waals surface area contributed by atoms with Gasteiger partial charge in [-0.15, -0.1) is 0 Å². The monoisotopic (exact) mass is 265 g/mol. The quantitative estimate of drug-likeness (QED) is 0.418. The molecule has 0 bridgehead atoms. The molecule has 0 radical (unpaired) electrons. The molecule has 0 atom stereocenters. The standard InChI is InChI=1S/C14H32NO.ClH/c1-4-6-8-11-15(3,13-10-14-16)12-9-7-5-2;/h16H,4-14H2,1-3H3;1H/q+1;/p-1. The van der Waals surface area contributed by atoms with E-state index in [0.717, 1.165) is 13.0 Å². The molecule has 0 unspecified atom stereocenters. The zero-order valence-corrected chi connectivity index (χ0v) is 12.8. The van der Waals surface area contributed by atoms with Gasteiger partial charge in [-0.05, 0) is 25.7 Å². The first-order chi connectivity index (χ1) is 7.68. The lowest BCUT2D eigenvalue weighted by Gasteiger charge is -2.34. The van der Waals surface area contributed by atoms with Crippen molar-refractivity contribution in [3.8, 4) is 0 Å². The van der Waals surface area contributed by atoms with Gasteiger partial charge in [0.15, 0.2) is 0 Å². The summed E-state index contributed by atoms with van der Waals surface area (Å²) in [5, 5.41) is 8.96. The summed E-state index contributed by atoms with van der Waals surface area (Å²) in [4.78, 5) is 0. The van der Waals surface area contributed by atoms with E-state index < -0.39 is 0 Å². The molecular weight excluding hydrogens is 234 g/mol. The third-order valence-electron chi connectivity index (χ3n) is 3.46. The Bertz CT molecular complexity index is 143. The Labute approximate surface area is 114 Å². The van der Waals surface area contributed by atoms with Gasteiger partial charge in [-0.25, -0.2) is 0 Å². The molecule has 3 heteroatoms. The minimum atomic E-state index is 0. The molecule has 0 aromatic heterocycles. The third kappa shape index (κ3) is 11.1. The lowest BCUT2D eigenvalue weighted by atomic mass is 10.1. The molecule has 0 rings (SSSR count). The molecule has 0 aliphatic carbocycles. The molecule has 0 saturated carbocycles. The number of hydrogen-bond donors (Lipinski definition) is 1. The van der Waals surface area contributed by atoms with Gasteiger partial charge in [0, 0.05) is 13.0 Å². The lowest BCUT2D eigenvalue weighted by Crippen LogP contribution is -3.00. The van der Waals surface area contributed by atoms with Crippen LogP contribution in [0.25, 0.3) is 0 Å². The minimum absolute atomic E-state index is 0. The summed E-state index contributed by atoms with van der Waals surface area (Å²) in [7, 11) is 2.36. The van der Waals surface area contributed by atoms with Crippen molar-refractivity contribution in [3.05, 3.63) is 0 Å². The maximum atomic E-state index is 8.96. The molecule has 0 aliphatic heterocycles. The Balaban J connectivity index is 0. The number of halogens is 1. The first-order valence-corrected chi connectivity index (χ1v) is 7.13. The predicted molar refractivity (Wildman–Crippen MR) is 71.5 cm³/mol. The van der Waals surface area contributed by atoms with Gasteiger partial charge >= 0.3 is 0 Å². The number of nitrogens with zero attached hydrogens (tertiary/aromatic N) is 1. The largest absolute Gasteiger partial charge is 1.00 e. The van der Waals surface area contributed by atoms with Gasteiger partial charge < -0.3 is 22.0 Å². The van der Waals surface area contributed by atoms with Crippen LogP contribution in [-0.4, -0.2) is 42.9 Å². The summed E-state index contributed by atoms with van der Waals surface area (Å²) in [5.41, 5.74) is 0. The SMILES string of the molecule is CCCCC[N+](C)(CCCO)CCCCC.[Cl-]. The van der Waals surface area contributed by atoms with Crippen molar-refractivity contribution in [3.63, 3.8) is 0 Å². The van der Waals surface area contributed by atoms with Crippen molar-refractivity contribution < 1.29 is 22.0 Å². The Kier molecular flexibility index (Phi) is 14.6. The average molecular weight is 266 g/mol. The maximum absolute atomic E-state index is 8.96. The van der Waals surface area contributed by atoms with Crippen LogP contribution in [-0.2, 0) is 0 Å². The summed E-state index contributed by atoms with van der Waals surface area (Å²) in [5.74, 6) is 0. The van der Waals surface area contributed by atoms with Crippen molar-refractivity contribution in [2.75, 3.05) is 33.3 Å². The van der Waals surface area contributed by atoms with E-state index in [0.29, 0.717) is 6.61 Å². The molecule has 0 spiro atoms. The summed E-state index contributed by atoms with van der Waals surface area (Å²) in [6.07, 6.45) is 8.93. The molecule has 106 valence electrons. The van der Waals surface area contributed by atoms with Gasteiger partial charge in [0.1, 0.15) is 0 Å². The van der Waals surface area contributed by atoms with Gasteiger partial charge in [-0.1, -0.05) is 26.7 Å². The van der Waals surface area contributed by atoms with E-state index >= 15 is 0 Å². The topological polar surface area (TPSA) is 20.2 Å². The van der Waals surface area contributed by atoms with E-state index in [1.807, 2.05) is 0 Å².